The number of nitrogens with zero attached hydrogens (tertiary/aromatic N) is 1. The van der Waals surface area contributed by atoms with Gasteiger partial charge in [-0.15, -0.1) is 0 Å². The Morgan fingerprint density at radius 3 is 2.57 bits per heavy atom. The minimum Gasteiger partial charge on any atom is -0.264 e. The molecule has 0 fully saturated rings. The molecule has 1 nitrogen and oxygen atoms in total. The van der Waals surface area contributed by atoms with E-state index in [4.69, 9.17) is 0 Å². The van der Waals surface area contributed by atoms with Crippen molar-refractivity contribution in [3.05, 3.63) is 30.1 Å². The quantitative estimate of drug-likeness (QED) is 0.707. The van der Waals surface area contributed by atoms with Crippen LogP contribution in [0.1, 0.15) is 39.7 Å². The standard InChI is InChI=1S/C13H21N/c1-11(2)8-13(3,4)9-12-6-5-7-14-10-12/h5-7,10-11H,8-9H2,1-4H3. The van der Waals surface area contributed by atoms with E-state index in [-0.39, 0.29) is 0 Å². The third-order valence-electron chi connectivity index (χ3n) is 2.37. The van der Waals surface area contributed by atoms with Crippen molar-refractivity contribution >= 4 is 0 Å². The molecule has 14 heavy (non-hydrogen) atoms. The molecular formula is C13H21N. The molecule has 0 atom stereocenters. The van der Waals surface area contributed by atoms with E-state index in [0.717, 1.165) is 12.3 Å². The molecule has 0 amide bonds. The van der Waals surface area contributed by atoms with Crippen LogP contribution in [0.25, 0.3) is 0 Å². The molecule has 0 aliphatic heterocycles. The Bertz CT molecular complexity index is 262. The van der Waals surface area contributed by atoms with E-state index < -0.39 is 0 Å². The van der Waals surface area contributed by atoms with Gasteiger partial charge in [-0.3, -0.25) is 4.98 Å². The van der Waals surface area contributed by atoms with Gasteiger partial charge in [0.15, 0.2) is 0 Å². The SMILES string of the molecule is CC(C)CC(C)(C)Cc1cccnc1. The molecule has 0 aliphatic carbocycles. The van der Waals surface area contributed by atoms with Gasteiger partial charge in [-0.2, -0.15) is 0 Å². The van der Waals surface area contributed by atoms with Crippen molar-refractivity contribution in [3.8, 4) is 0 Å². The molecule has 1 heterocycles. The molecule has 78 valence electrons. The fourth-order valence-corrected chi connectivity index (χ4v) is 2.23. The van der Waals surface area contributed by atoms with Crippen LogP contribution in [-0.4, -0.2) is 4.98 Å². The Hall–Kier alpha value is -0.850. The van der Waals surface area contributed by atoms with Crippen LogP contribution in [0.5, 0.6) is 0 Å². The normalized spacial score (nSPS) is 12.1. The van der Waals surface area contributed by atoms with Gasteiger partial charge in [0.05, 0.1) is 0 Å². The maximum atomic E-state index is 4.15. The van der Waals surface area contributed by atoms with Crippen LogP contribution in [0.4, 0.5) is 0 Å². The van der Waals surface area contributed by atoms with E-state index >= 15 is 0 Å². The van der Waals surface area contributed by atoms with Crippen molar-refractivity contribution in [1.29, 1.82) is 0 Å². The lowest BCUT2D eigenvalue weighted by molar-refractivity contribution is 0.285. The molecule has 0 radical (unpaired) electrons. The Morgan fingerprint density at radius 1 is 1.36 bits per heavy atom. The van der Waals surface area contributed by atoms with Crippen molar-refractivity contribution in [1.82, 2.24) is 4.98 Å². The summed E-state index contributed by atoms with van der Waals surface area (Å²) >= 11 is 0. The molecule has 0 saturated heterocycles. The van der Waals surface area contributed by atoms with Crippen molar-refractivity contribution in [2.45, 2.75) is 40.5 Å². The van der Waals surface area contributed by atoms with Gasteiger partial charge in [0.25, 0.3) is 0 Å². The lowest BCUT2D eigenvalue weighted by Gasteiger charge is -2.26. The highest BCUT2D eigenvalue weighted by Crippen LogP contribution is 2.29. The van der Waals surface area contributed by atoms with Gasteiger partial charge in [-0.1, -0.05) is 33.8 Å². The predicted molar refractivity (Wildman–Crippen MR) is 61.2 cm³/mol. The summed E-state index contributed by atoms with van der Waals surface area (Å²) in [5, 5.41) is 0. The maximum Gasteiger partial charge on any atom is 0.0300 e. The Balaban J connectivity index is 2.59. The van der Waals surface area contributed by atoms with Gasteiger partial charge in [-0.25, -0.2) is 0 Å². The molecule has 0 bridgehead atoms. The molecule has 1 rings (SSSR count). The molecule has 0 spiro atoms. The first kappa shape index (κ1) is 11.2. The zero-order chi connectivity index (χ0) is 10.6. The summed E-state index contributed by atoms with van der Waals surface area (Å²) in [5.41, 5.74) is 1.73. The monoisotopic (exact) mass is 191 g/mol. The lowest BCUT2D eigenvalue weighted by Crippen LogP contribution is -2.17. The van der Waals surface area contributed by atoms with Crippen LogP contribution in [0.3, 0.4) is 0 Å². The van der Waals surface area contributed by atoms with Gasteiger partial charge in [0.2, 0.25) is 0 Å². The van der Waals surface area contributed by atoms with Gasteiger partial charge in [-0.05, 0) is 35.8 Å². The first-order valence-corrected chi connectivity index (χ1v) is 5.38. The van der Waals surface area contributed by atoms with Crippen LogP contribution in [0.15, 0.2) is 24.5 Å². The summed E-state index contributed by atoms with van der Waals surface area (Å²) in [7, 11) is 0. The summed E-state index contributed by atoms with van der Waals surface area (Å²) in [6, 6.07) is 4.18. The first-order valence-electron chi connectivity index (χ1n) is 5.38. The van der Waals surface area contributed by atoms with Crippen LogP contribution in [0, 0.1) is 11.3 Å². The number of aromatic nitrogens is 1. The minimum absolute atomic E-state index is 0.386. The fraction of sp³-hybridized carbons (Fsp3) is 0.615. The number of pyridine rings is 1. The minimum atomic E-state index is 0.386. The second-order valence-electron chi connectivity index (χ2n) is 5.30. The number of rotatable bonds is 4. The van der Waals surface area contributed by atoms with Gasteiger partial charge in [0.1, 0.15) is 0 Å². The predicted octanol–water partition coefficient (Wildman–Crippen LogP) is 3.70. The largest absolute Gasteiger partial charge is 0.264 e. The van der Waals surface area contributed by atoms with Crippen LogP contribution in [0.2, 0.25) is 0 Å². The Labute approximate surface area is 87.6 Å². The zero-order valence-electron chi connectivity index (χ0n) is 9.75. The molecular weight excluding hydrogens is 170 g/mol. The van der Waals surface area contributed by atoms with Gasteiger partial charge in [0, 0.05) is 12.4 Å². The van der Waals surface area contributed by atoms with Crippen LogP contribution in [-0.2, 0) is 6.42 Å². The smallest absolute Gasteiger partial charge is 0.0300 e. The summed E-state index contributed by atoms with van der Waals surface area (Å²) in [4.78, 5) is 4.15. The molecule has 0 saturated carbocycles. The molecule has 0 unspecified atom stereocenters. The van der Waals surface area contributed by atoms with Crippen molar-refractivity contribution in [3.63, 3.8) is 0 Å². The number of hydrogen-bond acceptors (Lipinski definition) is 1. The molecule has 1 aromatic heterocycles. The highest BCUT2D eigenvalue weighted by Gasteiger charge is 2.19. The second-order valence-corrected chi connectivity index (χ2v) is 5.30. The van der Waals surface area contributed by atoms with E-state index in [0.29, 0.717) is 5.41 Å². The Morgan fingerprint density at radius 2 is 2.07 bits per heavy atom. The van der Waals surface area contributed by atoms with Crippen molar-refractivity contribution in [2.24, 2.45) is 11.3 Å². The maximum absolute atomic E-state index is 4.15. The summed E-state index contributed by atoms with van der Waals surface area (Å²) in [6.45, 7) is 9.23. The van der Waals surface area contributed by atoms with Gasteiger partial charge >= 0.3 is 0 Å². The highest BCUT2D eigenvalue weighted by atomic mass is 14.6. The van der Waals surface area contributed by atoms with E-state index in [1.807, 2.05) is 18.5 Å². The summed E-state index contributed by atoms with van der Waals surface area (Å²) in [5.74, 6) is 0.765. The van der Waals surface area contributed by atoms with Crippen LogP contribution < -0.4 is 0 Å². The molecule has 0 aliphatic rings. The van der Waals surface area contributed by atoms with E-state index in [1.54, 1.807) is 0 Å². The third kappa shape index (κ3) is 3.91. The highest BCUT2D eigenvalue weighted by molar-refractivity contribution is 5.10. The average Bonchev–Trinajstić information content (AvgIpc) is 2.02. The summed E-state index contributed by atoms with van der Waals surface area (Å²) in [6.07, 6.45) is 6.20. The topological polar surface area (TPSA) is 12.9 Å². The molecule has 0 N–H and O–H groups in total. The van der Waals surface area contributed by atoms with Crippen molar-refractivity contribution < 1.29 is 0 Å². The van der Waals surface area contributed by atoms with E-state index in [2.05, 4.69) is 38.7 Å². The summed E-state index contributed by atoms with van der Waals surface area (Å²) < 4.78 is 0. The van der Waals surface area contributed by atoms with Gasteiger partial charge < -0.3 is 0 Å². The van der Waals surface area contributed by atoms with Crippen molar-refractivity contribution in [2.75, 3.05) is 0 Å². The lowest BCUT2D eigenvalue weighted by atomic mass is 9.79. The Kier molecular flexibility index (Phi) is 3.68. The fourth-order valence-electron chi connectivity index (χ4n) is 2.23. The number of hydrogen-bond donors (Lipinski definition) is 0. The third-order valence-corrected chi connectivity index (χ3v) is 2.37. The van der Waals surface area contributed by atoms with E-state index in [9.17, 15) is 0 Å². The average molecular weight is 191 g/mol. The molecule has 1 aromatic rings. The molecule has 0 aromatic carbocycles. The second kappa shape index (κ2) is 4.59. The molecule has 1 heteroatoms. The van der Waals surface area contributed by atoms with Crippen LogP contribution >= 0.6 is 0 Å². The first-order chi connectivity index (χ1) is 6.49. The zero-order valence-corrected chi connectivity index (χ0v) is 9.75. The van der Waals surface area contributed by atoms with E-state index in [1.165, 1.54) is 12.0 Å².